The first-order valence-electron chi connectivity index (χ1n) is 6.42. The van der Waals surface area contributed by atoms with Crippen molar-refractivity contribution in [1.82, 2.24) is 15.0 Å². The van der Waals surface area contributed by atoms with Gasteiger partial charge in [-0.3, -0.25) is 4.98 Å². The van der Waals surface area contributed by atoms with Crippen LogP contribution in [0.4, 0.5) is 5.95 Å². The van der Waals surface area contributed by atoms with Crippen LogP contribution in [-0.4, -0.2) is 19.9 Å². The van der Waals surface area contributed by atoms with Crippen molar-refractivity contribution in [3.63, 3.8) is 0 Å². The fourth-order valence-electron chi connectivity index (χ4n) is 1.89. The Morgan fingerprint density at radius 1 is 1.40 bits per heavy atom. The molecule has 0 spiro atoms. The molecule has 2 aromatic rings. The smallest absolute Gasteiger partial charge is 0.223 e. The van der Waals surface area contributed by atoms with Gasteiger partial charge in [0.15, 0.2) is 0 Å². The summed E-state index contributed by atoms with van der Waals surface area (Å²) in [6, 6.07) is 5.78. The van der Waals surface area contributed by atoms with E-state index >= 15 is 0 Å². The average molecular weight is 287 g/mol. The van der Waals surface area contributed by atoms with Crippen molar-refractivity contribution in [3.8, 4) is 0 Å². The topological polar surface area (TPSA) is 76.7 Å². The summed E-state index contributed by atoms with van der Waals surface area (Å²) < 4.78 is 0. The van der Waals surface area contributed by atoms with E-state index in [2.05, 4.69) is 33.3 Å². The number of nitrogens with two attached hydrogens (primary N) is 1. The Hall–Kier alpha value is -2.08. The van der Waals surface area contributed by atoms with Gasteiger partial charge >= 0.3 is 0 Å². The van der Waals surface area contributed by atoms with Crippen LogP contribution in [0.15, 0.2) is 24.4 Å². The summed E-state index contributed by atoms with van der Waals surface area (Å²) in [4.78, 5) is 13.3. The lowest BCUT2D eigenvalue weighted by molar-refractivity contribution is 0.945. The largest absolute Gasteiger partial charge is 0.388 e. The Bertz CT molecular complexity index is 627. The molecule has 0 aliphatic heterocycles. The van der Waals surface area contributed by atoms with Crippen LogP contribution >= 0.6 is 12.2 Å². The molecular weight excluding hydrogens is 270 g/mol. The highest BCUT2D eigenvalue weighted by Gasteiger charge is 2.06. The summed E-state index contributed by atoms with van der Waals surface area (Å²) in [6.45, 7) is 4.56. The molecule has 0 fully saturated rings. The Labute approximate surface area is 123 Å². The van der Waals surface area contributed by atoms with Crippen LogP contribution in [0.5, 0.6) is 0 Å². The number of aryl methyl sites for hydroxylation is 2. The molecule has 2 rings (SSSR count). The molecule has 0 atom stereocenters. The highest BCUT2D eigenvalue weighted by molar-refractivity contribution is 7.80. The van der Waals surface area contributed by atoms with Crippen molar-refractivity contribution in [3.05, 3.63) is 47.0 Å². The first-order valence-corrected chi connectivity index (χ1v) is 6.83. The average Bonchev–Trinajstić information content (AvgIpc) is 2.44. The molecule has 6 heteroatoms. The molecule has 104 valence electrons. The maximum Gasteiger partial charge on any atom is 0.223 e. The van der Waals surface area contributed by atoms with Gasteiger partial charge in [-0.25, -0.2) is 9.97 Å². The fourth-order valence-corrected chi connectivity index (χ4v) is 1.99. The molecule has 0 saturated carbocycles. The zero-order valence-corrected chi connectivity index (χ0v) is 12.4. The fraction of sp³-hybridized carbons (Fsp3) is 0.286. The van der Waals surface area contributed by atoms with Crippen molar-refractivity contribution in [1.29, 1.82) is 0 Å². The van der Waals surface area contributed by atoms with Gasteiger partial charge in [0.05, 0.1) is 12.2 Å². The third-order valence-electron chi connectivity index (χ3n) is 2.89. The molecule has 0 unspecified atom stereocenters. The van der Waals surface area contributed by atoms with Crippen LogP contribution in [0.1, 0.15) is 29.6 Å². The molecule has 0 radical (unpaired) electrons. The van der Waals surface area contributed by atoms with Gasteiger partial charge in [-0.15, -0.1) is 0 Å². The third-order valence-corrected chi connectivity index (χ3v) is 3.10. The second-order valence-electron chi connectivity index (χ2n) is 4.40. The third kappa shape index (κ3) is 3.48. The standard InChI is InChI=1S/C14H17N5S/c1-3-10-5-4-6-16-12(10)8-17-14-18-9(2)7-11(19-14)13(15)20/h4-7H,3,8H2,1-2H3,(H2,15,20)(H,17,18,19). The van der Waals surface area contributed by atoms with Crippen molar-refractivity contribution in [2.24, 2.45) is 5.73 Å². The molecule has 2 heterocycles. The maximum atomic E-state index is 5.61. The quantitative estimate of drug-likeness (QED) is 0.819. The summed E-state index contributed by atoms with van der Waals surface area (Å²) >= 11 is 4.95. The van der Waals surface area contributed by atoms with Crippen molar-refractivity contribution in [2.75, 3.05) is 5.32 Å². The Morgan fingerprint density at radius 3 is 2.90 bits per heavy atom. The van der Waals surface area contributed by atoms with Crippen LogP contribution in [0, 0.1) is 6.92 Å². The van der Waals surface area contributed by atoms with E-state index in [-0.39, 0.29) is 4.99 Å². The van der Waals surface area contributed by atoms with Crippen molar-refractivity contribution in [2.45, 2.75) is 26.8 Å². The number of aromatic nitrogens is 3. The summed E-state index contributed by atoms with van der Waals surface area (Å²) in [5, 5.41) is 3.17. The minimum absolute atomic E-state index is 0.269. The van der Waals surface area contributed by atoms with Crippen LogP contribution in [0.25, 0.3) is 0 Å². The first kappa shape index (κ1) is 14.3. The number of anilines is 1. The van der Waals surface area contributed by atoms with Gasteiger partial charge in [-0.2, -0.15) is 0 Å². The van der Waals surface area contributed by atoms with E-state index in [1.165, 1.54) is 5.56 Å². The number of hydrogen-bond donors (Lipinski definition) is 2. The molecule has 0 aliphatic rings. The molecule has 5 nitrogen and oxygen atoms in total. The predicted molar refractivity (Wildman–Crippen MR) is 83.6 cm³/mol. The van der Waals surface area contributed by atoms with Crippen molar-refractivity contribution >= 4 is 23.2 Å². The SMILES string of the molecule is CCc1cccnc1CNc1nc(C)cc(C(N)=S)n1. The van der Waals surface area contributed by atoms with Crippen LogP contribution in [0.3, 0.4) is 0 Å². The van der Waals surface area contributed by atoms with E-state index < -0.39 is 0 Å². The Morgan fingerprint density at radius 2 is 2.20 bits per heavy atom. The molecule has 3 N–H and O–H groups in total. The zero-order valence-electron chi connectivity index (χ0n) is 11.6. The van der Waals surface area contributed by atoms with Gasteiger partial charge in [0, 0.05) is 11.9 Å². The molecule has 2 aromatic heterocycles. The summed E-state index contributed by atoms with van der Waals surface area (Å²) in [6.07, 6.45) is 2.73. The lowest BCUT2D eigenvalue weighted by Gasteiger charge is -2.09. The van der Waals surface area contributed by atoms with E-state index in [9.17, 15) is 0 Å². The summed E-state index contributed by atoms with van der Waals surface area (Å²) in [5.41, 5.74) is 9.21. The van der Waals surface area contributed by atoms with Crippen LogP contribution < -0.4 is 11.1 Å². The summed E-state index contributed by atoms with van der Waals surface area (Å²) in [7, 11) is 0. The zero-order chi connectivity index (χ0) is 14.5. The number of rotatable bonds is 5. The van der Waals surface area contributed by atoms with E-state index in [1.807, 2.05) is 13.0 Å². The molecule has 20 heavy (non-hydrogen) atoms. The van der Waals surface area contributed by atoms with Gasteiger partial charge in [0.2, 0.25) is 5.95 Å². The second-order valence-corrected chi connectivity index (χ2v) is 4.84. The second kappa shape index (κ2) is 6.38. The number of thiocarbonyl (C=S) groups is 1. The van der Waals surface area contributed by atoms with E-state index in [1.54, 1.807) is 12.3 Å². The molecule has 0 amide bonds. The van der Waals surface area contributed by atoms with Gasteiger partial charge in [-0.1, -0.05) is 25.2 Å². The van der Waals surface area contributed by atoms with Gasteiger partial charge in [0.1, 0.15) is 10.7 Å². The van der Waals surface area contributed by atoms with Gasteiger partial charge < -0.3 is 11.1 Å². The summed E-state index contributed by atoms with van der Waals surface area (Å²) in [5.74, 6) is 0.514. The number of nitrogens with zero attached hydrogens (tertiary/aromatic N) is 3. The minimum atomic E-state index is 0.269. The molecule has 0 saturated heterocycles. The van der Waals surface area contributed by atoms with Crippen LogP contribution in [-0.2, 0) is 13.0 Å². The Kier molecular flexibility index (Phi) is 4.57. The first-order chi connectivity index (χ1) is 9.60. The highest BCUT2D eigenvalue weighted by Crippen LogP contribution is 2.10. The lowest BCUT2D eigenvalue weighted by atomic mass is 10.1. The minimum Gasteiger partial charge on any atom is -0.388 e. The van der Waals surface area contributed by atoms with E-state index in [0.717, 1.165) is 17.8 Å². The van der Waals surface area contributed by atoms with E-state index in [0.29, 0.717) is 18.2 Å². The van der Waals surface area contributed by atoms with Crippen LogP contribution in [0.2, 0.25) is 0 Å². The number of hydrogen-bond acceptors (Lipinski definition) is 5. The lowest BCUT2D eigenvalue weighted by Crippen LogP contribution is -2.15. The predicted octanol–water partition coefficient (Wildman–Crippen LogP) is 1.99. The van der Waals surface area contributed by atoms with Crippen molar-refractivity contribution < 1.29 is 0 Å². The van der Waals surface area contributed by atoms with Gasteiger partial charge in [-0.05, 0) is 31.0 Å². The molecule has 0 bridgehead atoms. The monoisotopic (exact) mass is 287 g/mol. The maximum absolute atomic E-state index is 5.61. The molecule has 0 aliphatic carbocycles. The molecular formula is C14H17N5S. The Balaban J connectivity index is 2.16. The van der Waals surface area contributed by atoms with Gasteiger partial charge in [0.25, 0.3) is 0 Å². The number of pyridine rings is 1. The molecule has 0 aromatic carbocycles. The normalized spacial score (nSPS) is 10.3. The highest BCUT2D eigenvalue weighted by atomic mass is 32.1. The number of nitrogens with one attached hydrogen (secondary N) is 1. The van der Waals surface area contributed by atoms with E-state index in [4.69, 9.17) is 18.0 Å².